The number of hydrogen-bond donors (Lipinski definition) is 1. The Hall–Kier alpha value is -1.62. The Morgan fingerprint density at radius 1 is 1.47 bits per heavy atom. The summed E-state index contributed by atoms with van der Waals surface area (Å²) in [6, 6.07) is 6.74. The first-order chi connectivity index (χ1) is 8.04. The van der Waals surface area contributed by atoms with Gasteiger partial charge in [-0.05, 0) is 19.1 Å². The molecule has 1 aromatic carbocycles. The van der Waals surface area contributed by atoms with Crippen LogP contribution in [0.1, 0.15) is 12.5 Å². The van der Waals surface area contributed by atoms with Crippen molar-refractivity contribution in [3.05, 3.63) is 40.4 Å². The SMILES string of the molecule is CCOC(=O)C(=O)C=C(O)c1cccc(Br)c1. The number of carbonyl (C=O) groups is 2. The second kappa shape index (κ2) is 6.20. The van der Waals surface area contributed by atoms with E-state index in [-0.39, 0.29) is 12.4 Å². The minimum absolute atomic E-state index is 0.121. The topological polar surface area (TPSA) is 63.6 Å². The number of aliphatic hydroxyl groups is 1. The fourth-order valence-electron chi connectivity index (χ4n) is 1.12. The van der Waals surface area contributed by atoms with Crippen molar-refractivity contribution in [2.24, 2.45) is 0 Å². The molecule has 0 amide bonds. The quantitative estimate of drug-likeness (QED) is 0.401. The molecule has 0 saturated heterocycles. The van der Waals surface area contributed by atoms with Crippen LogP contribution in [0.3, 0.4) is 0 Å². The van der Waals surface area contributed by atoms with Crippen molar-refractivity contribution in [3.63, 3.8) is 0 Å². The first-order valence-electron chi connectivity index (χ1n) is 4.92. The third-order valence-electron chi connectivity index (χ3n) is 1.86. The summed E-state index contributed by atoms with van der Waals surface area (Å²) in [5.74, 6) is -2.14. The van der Waals surface area contributed by atoms with Crippen molar-refractivity contribution in [1.82, 2.24) is 0 Å². The minimum atomic E-state index is -0.978. The highest BCUT2D eigenvalue weighted by Gasteiger charge is 2.13. The molecule has 0 radical (unpaired) electrons. The smallest absolute Gasteiger partial charge is 0.379 e. The van der Waals surface area contributed by atoms with Crippen molar-refractivity contribution in [3.8, 4) is 0 Å². The van der Waals surface area contributed by atoms with Crippen LogP contribution in [-0.4, -0.2) is 23.5 Å². The number of ether oxygens (including phenoxy) is 1. The van der Waals surface area contributed by atoms with Crippen molar-refractivity contribution in [2.75, 3.05) is 6.61 Å². The van der Waals surface area contributed by atoms with Crippen LogP contribution in [0.4, 0.5) is 0 Å². The summed E-state index contributed by atoms with van der Waals surface area (Å²) in [5, 5.41) is 9.64. The predicted molar refractivity (Wildman–Crippen MR) is 66.4 cm³/mol. The molecule has 0 saturated carbocycles. The summed E-state index contributed by atoms with van der Waals surface area (Å²) >= 11 is 3.24. The zero-order chi connectivity index (χ0) is 12.8. The lowest BCUT2D eigenvalue weighted by atomic mass is 10.1. The summed E-state index contributed by atoms with van der Waals surface area (Å²) in [6.07, 6.45) is 0.847. The molecule has 4 nitrogen and oxygen atoms in total. The maximum absolute atomic E-state index is 11.3. The van der Waals surface area contributed by atoms with Gasteiger partial charge in [-0.2, -0.15) is 0 Å². The molecule has 5 heteroatoms. The molecule has 1 aromatic rings. The number of rotatable bonds is 4. The highest BCUT2D eigenvalue weighted by Crippen LogP contribution is 2.17. The molecule has 0 aliphatic heterocycles. The molecule has 0 fully saturated rings. The number of benzene rings is 1. The van der Waals surface area contributed by atoms with Gasteiger partial charge >= 0.3 is 5.97 Å². The fraction of sp³-hybridized carbons (Fsp3) is 0.167. The Labute approximate surface area is 107 Å². The van der Waals surface area contributed by atoms with Crippen LogP contribution in [0.25, 0.3) is 5.76 Å². The van der Waals surface area contributed by atoms with Gasteiger partial charge < -0.3 is 9.84 Å². The summed E-state index contributed by atoms with van der Waals surface area (Å²) in [4.78, 5) is 22.3. The van der Waals surface area contributed by atoms with Crippen LogP contribution >= 0.6 is 15.9 Å². The van der Waals surface area contributed by atoms with Gasteiger partial charge in [0.1, 0.15) is 5.76 Å². The Morgan fingerprint density at radius 2 is 2.18 bits per heavy atom. The Kier molecular flexibility index (Phi) is 4.90. The van der Waals surface area contributed by atoms with E-state index in [0.29, 0.717) is 5.56 Å². The molecule has 17 heavy (non-hydrogen) atoms. The van der Waals surface area contributed by atoms with Crippen LogP contribution in [0, 0.1) is 0 Å². The highest BCUT2D eigenvalue weighted by molar-refractivity contribution is 9.10. The Balaban J connectivity index is 2.86. The van der Waals surface area contributed by atoms with E-state index in [4.69, 9.17) is 0 Å². The molecular formula is C12H11BrO4. The van der Waals surface area contributed by atoms with Crippen LogP contribution in [0.2, 0.25) is 0 Å². The molecule has 0 aromatic heterocycles. The molecule has 0 bridgehead atoms. The van der Waals surface area contributed by atoms with Crippen molar-refractivity contribution in [2.45, 2.75) is 6.92 Å². The lowest BCUT2D eigenvalue weighted by Gasteiger charge is -2.01. The predicted octanol–water partition coefficient (Wildman–Crippen LogP) is 2.48. The third kappa shape index (κ3) is 4.03. The first-order valence-corrected chi connectivity index (χ1v) is 5.71. The molecule has 0 aliphatic rings. The fourth-order valence-corrected chi connectivity index (χ4v) is 1.52. The number of hydrogen-bond acceptors (Lipinski definition) is 4. The number of halogens is 1. The lowest BCUT2D eigenvalue weighted by molar-refractivity contribution is -0.151. The number of esters is 1. The van der Waals surface area contributed by atoms with E-state index in [1.54, 1.807) is 31.2 Å². The maximum Gasteiger partial charge on any atom is 0.379 e. The van der Waals surface area contributed by atoms with Gasteiger partial charge in [-0.3, -0.25) is 4.79 Å². The van der Waals surface area contributed by atoms with E-state index in [1.165, 1.54) is 0 Å². The zero-order valence-corrected chi connectivity index (χ0v) is 10.7. The van der Waals surface area contributed by atoms with Gasteiger partial charge in [0.15, 0.2) is 0 Å². The summed E-state index contributed by atoms with van der Waals surface area (Å²) in [5.41, 5.74) is 0.442. The number of ketones is 1. The molecule has 0 atom stereocenters. The first kappa shape index (κ1) is 13.4. The Morgan fingerprint density at radius 3 is 2.76 bits per heavy atom. The van der Waals surface area contributed by atoms with E-state index in [2.05, 4.69) is 20.7 Å². The zero-order valence-electron chi connectivity index (χ0n) is 9.14. The molecule has 1 N–H and O–H groups in total. The van der Waals surface area contributed by atoms with Crippen LogP contribution < -0.4 is 0 Å². The summed E-state index contributed by atoms with van der Waals surface area (Å²) < 4.78 is 5.27. The molecule has 0 aliphatic carbocycles. The minimum Gasteiger partial charge on any atom is -0.507 e. The number of carbonyl (C=O) groups excluding carboxylic acids is 2. The molecular weight excluding hydrogens is 288 g/mol. The van der Waals surface area contributed by atoms with Crippen LogP contribution in [0.15, 0.2) is 34.8 Å². The van der Waals surface area contributed by atoms with E-state index in [9.17, 15) is 14.7 Å². The second-order valence-corrected chi connectivity index (χ2v) is 4.04. The number of aliphatic hydroxyl groups excluding tert-OH is 1. The molecule has 0 heterocycles. The monoisotopic (exact) mass is 298 g/mol. The van der Waals surface area contributed by atoms with Gasteiger partial charge in [-0.25, -0.2) is 4.79 Å². The van der Waals surface area contributed by atoms with Gasteiger partial charge in [0.2, 0.25) is 0 Å². The van der Waals surface area contributed by atoms with Gasteiger partial charge in [0, 0.05) is 16.1 Å². The molecule has 90 valence electrons. The Bertz CT molecular complexity index is 465. The summed E-state index contributed by atoms with van der Waals surface area (Å²) in [7, 11) is 0. The molecule has 1 rings (SSSR count). The highest BCUT2D eigenvalue weighted by atomic mass is 79.9. The lowest BCUT2D eigenvalue weighted by Crippen LogP contribution is -2.15. The van der Waals surface area contributed by atoms with E-state index in [1.807, 2.05) is 0 Å². The normalized spacial score (nSPS) is 11.1. The van der Waals surface area contributed by atoms with E-state index in [0.717, 1.165) is 10.5 Å². The van der Waals surface area contributed by atoms with Gasteiger partial charge in [0.25, 0.3) is 5.78 Å². The molecule has 0 unspecified atom stereocenters. The average Bonchev–Trinajstić information content (AvgIpc) is 2.29. The summed E-state index contributed by atoms with van der Waals surface area (Å²) in [6.45, 7) is 1.72. The van der Waals surface area contributed by atoms with Crippen molar-refractivity contribution in [1.29, 1.82) is 0 Å². The van der Waals surface area contributed by atoms with Crippen LogP contribution in [0.5, 0.6) is 0 Å². The molecule has 0 spiro atoms. The second-order valence-electron chi connectivity index (χ2n) is 3.12. The van der Waals surface area contributed by atoms with Crippen molar-refractivity contribution < 1.29 is 19.4 Å². The van der Waals surface area contributed by atoms with Crippen molar-refractivity contribution >= 4 is 33.4 Å². The van der Waals surface area contributed by atoms with E-state index < -0.39 is 11.8 Å². The van der Waals surface area contributed by atoms with E-state index >= 15 is 0 Å². The third-order valence-corrected chi connectivity index (χ3v) is 2.36. The van der Waals surface area contributed by atoms with Gasteiger partial charge in [-0.1, -0.05) is 28.1 Å². The average molecular weight is 299 g/mol. The maximum atomic E-state index is 11.3. The largest absolute Gasteiger partial charge is 0.507 e. The standard InChI is InChI=1S/C12H11BrO4/c1-2-17-12(16)11(15)7-10(14)8-4-3-5-9(13)6-8/h3-7,14H,2H2,1H3. The van der Waals surface area contributed by atoms with Crippen LogP contribution in [-0.2, 0) is 14.3 Å². The van der Waals surface area contributed by atoms with Gasteiger partial charge in [-0.15, -0.1) is 0 Å². The van der Waals surface area contributed by atoms with Gasteiger partial charge in [0.05, 0.1) is 6.61 Å².